The van der Waals surface area contributed by atoms with Crippen LogP contribution in [0.2, 0.25) is 0 Å². The molecule has 9 heteroatoms. The number of aromatic nitrogens is 1. The van der Waals surface area contributed by atoms with E-state index in [-0.39, 0.29) is 6.20 Å². The molecule has 0 aliphatic carbocycles. The lowest BCUT2D eigenvalue weighted by atomic mass is 10.0. The van der Waals surface area contributed by atoms with Crippen molar-refractivity contribution in [1.82, 2.24) is 4.98 Å². The molecule has 0 spiro atoms. The summed E-state index contributed by atoms with van der Waals surface area (Å²) in [6, 6.07) is 0. The van der Waals surface area contributed by atoms with Crippen molar-refractivity contribution in [2.45, 2.75) is 19.1 Å². The third-order valence-electron chi connectivity index (χ3n) is 2.32. The third kappa shape index (κ3) is 2.98. The molecular weight excluding hydrogens is 275 g/mol. The fraction of sp³-hybridized carbons (Fsp3) is 0.400. The molecule has 0 aromatic carbocycles. The highest BCUT2D eigenvalue weighted by atomic mass is 19.4. The number of rotatable bonds is 3. The summed E-state index contributed by atoms with van der Waals surface area (Å²) >= 11 is 0. The van der Waals surface area contributed by atoms with Crippen LogP contribution < -0.4 is 5.73 Å². The van der Waals surface area contributed by atoms with E-state index < -0.39 is 47.5 Å². The molecule has 1 aromatic rings. The van der Waals surface area contributed by atoms with Crippen LogP contribution in [0, 0.1) is 0 Å². The average molecular weight is 284 g/mol. The van der Waals surface area contributed by atoms with Crippen LogP contribution in [0.5, 0.6) is 0 Å². The van der Waals surface area contributed by atoms with Gasteiger partial charge in [0.25, 0.3) is 6.43 Å². The minimum absolute atomic E-state index is 0.232. The summed E-state index contributed by atoms with van der Waals surface area (Å²) < 4.78 is 67.6. The van der Waals surface area contributed by atoms with Crippen molar-refractivity contribution in [2.24, 2.45) is 5.73 Å². The van der Waals surface area contributed by atoms with Crippen molar-refractivity contribution < 1.29 is 31.5 Å². The smallest absolute Gasteiger partial charge is 0.418 e. The van der Waals surface area contributed by atoms with E-state index in [1.54, 1.807) is 0 Å². The molecule has 0 aliphatic heterocycles. The molecule has 0 saturated heterocycles. The molecule has 2 N–H and O–H groups in total. The van der Waals surface area contributed by atoms with Gasteiger partial charge in [0.05, 0.1) is 18.2 Å². The molecule has 0 aliphatic rings. The predicted molar refractivity (Wildman–Crippen MR) is 53.4 cm³/mol. The molecule has 0 radical (unpaired) electrons. The van der Waals surface area contributed by atoms with Crippen LogP contribution in [0.15, 0.2) is 6.20 Å². The van der Waals surface area contributed by atoms with Crippen LogP contribution in [0.1, 0.15) is 33.6 Å². The van der Waals surface area contributed by atoms with E-state index in [4.69, 9.17) is 5.73 Å². The largest absolute Gasteiger partial charge is 0.465 e. The van der Waals surface area contributed by atoms with E-state index in [1.165, 1.54) is 0 Å². The summed E-state index contributed by atoms with van der Waals surface area (Å²) in [5, 5.41) is 0. The normalized spacial score (nSPS) is 11.8. The zero-order chi connectivity index (χ0) is 14.8. The second-order valence-electron chi connectivity index (χ2n) is 3.40. The van der Waals surface area contributed by atoms with Gasteiger partial charge in [-0.1, -0.05) is 0 Å². The number of ether oxygens (including phenoxy) is 1. The topological polar surface area (TPSA) is 65.2 Å². The SMILES string of the molecule is COC(=O)c1c(C(F)F)ncc(C(F)(F)F)c1CN. The number of carbonyl (C=O) groups is 1. The summed E-state index contributed by atoms with van der Waals surface area (Å²) in [4.78, 5) is 14.4. The zero-order valence-electron chi connectivity index (χ0n) is 9.59. The standard InChI is InChI=1S/C10H9F5N2O2/c1-19-9(18)6-4(2-16)5(10(13,14)15)3-17-7(6)8(11)12/h3,8H,2,16H2,1H3. The lowest BCUT2D eigenvalue weighted by Crippen LogP contribution is -2.20. The van der Waals surface area contributed by atoms with E-state index in [2.05, 4.69) is 9.72 Å². The van der Waals surface area contributed by atoms with E-state index in [0.29, 0.717) is 0 Å². The number of methoxy groups -OCH3 is 1. The number of nitrogens with two attached hydrogens (primary N) is 1. The summed E-state index contributed by atoms with van der Waals surface area (Å²) in [6.07, 6.45) is -7.84. The quantitative estimate of drug-likeness (QED) is 0.683. The van der Waals surface area contributed by atoms with Crippen LogP contribution in [0.3, 0.4) is 0 Å². The summed E-state index contributed by atoms with van der Waals surface area (Å²) in [5.74, 6) is -1.34. The molecule has 0 unspecified atom stereocenters. The number of carbonyl (C=O) groups excluding carboxylic acids is 1. The third-order valence-corrected chi connectivity index (χ3v) is 2.32. The van der Waals surface area contributed by atoms with E-state index in [9.17, 15) is 26.7 Å². The lowest BCUT2D eigenvalue weighted by molar-refractivity contribution is -0.138. The maximum atomic E-state index is 12.7. The predicted octanol–water partition coefficient (Wildman–Crippen LogP) is 2.28. The van der Waals surface area contributed by atoms with Crippen molar-refractivity contribution in [1.29, 1.82) is 0 Å². The fourth-order valence-corrected chi connectivity index (χ4v) is 1.52. The van der Waals surface area contributed by atoms with Gasteiger partial charge in [-0.3, -0.25) is 4.98 Å². The van der Waals surface area contributed by atoms with Crippen LogP contribution in [0.25, 0.3) is 0 Å². The Kier molecular flexibility index (Phi) is 4.40. The molecule has 0 bridgehead atoms. The van der Waals surface area contributed by atoms with Crippen LogP contribution >= 0.6 is 0 Å². The van der Waals surface area contributed by atoms with Gasteiger partial charge >= 0.3 is 12.1 Å². The van der Waals surface area contributed by atoms with Crippen molar-refractivity contribution in [3.05, 3.63) is 28.6 Å². The molecule has 0 saturated carbocycles. The Morgan fingerprint density at radius 1 is 1.47 bits per heavy atom. The number of hydrogen-bond donors (Lipinski definition) is 1. The van der Waals surface area contributed by atoms with Crippen LogP contribution in [-0.4, -0.2) is 18.1 Å². The number of esters is 1. The van der Waals surface area contributed by atoms with Gasteiger partial charge in [0.2, 0.25) is 0 Å². The highest BCUT2D eigenvalue weighted by molar-refractivity contribution is 5.92. The van der Waals surface area contributed by atoms with Gasteiger partial charge in [-0.15, -0.1) is 0 Å². The summed E-state index contributed by atoms with van der Waals surface area (Å²) in [5.41, 5.74) is 1.02. The Bertz CT molecular complexity index is 488. The molecule has 4 nitrogen and oxygen atoms in total. The maximum Gasteiger partial charge on any atom is 0.418 e. The molecule has 0 amide bonds. The maximum absolute atomic E-state index is 12.7. The number of halogens is 5. The van der Waals surface area contributed by atoms with Gasteiger partial charge in [-0.25, -0.2) is 13.6 Å². The molecule has 106 valence electrons. The molecular formula is C10H9F5N2O2. The fourth-order valence-electron chi connectivity index (χ4n) is 1.52. The number of pyridine rings is 1. The van der Waals surface area contributed by atoms with Gasteiger partial charge in [-0.05, 0) is 5.56 Å². The van der Waals surface area contributed by atoms with Crippen molar-refractivity contribution in [2.75, 3.05) is 7.11 Å². The van der Waals surface area contributed by atoms with Crippen molar-refractivity contribution in [3.63, 3.8) is 0 Å². The second kappa shape index (κ2) is 5.47. The Balaban J connectivity index is 3.64. The van der Waals surface area contributed by atoms with Crippen LogP contribution in [-0.2, 0) is 17.5 Å². The minimum Gasteiger partial charge on any atom is -0.465 e. The zero-order valence-corrected chi connectivity index (χ0v) is 9.59. The first-order chi connectivity index (χ1) is 8.73. The highest BCUT2D eigenvalue weighted by Gasteiger charge is 2.37. The molecule has 0 fully saturated rings. The van der Waals surface area contributed by atoms with Gasteiger partial charge < -0.3 is 10.5 Å². The molecule has 19 heavy (non-hydrogen) atoms. The Labute approximate surface area is 104 Å². The minimum atomic E-state index is -4.86. The Hall–Kier alpha value is -1.77. The number of nitrogens with zero attached hydrogens (tertiary/aromatic N) is 1. The van der Waals surface area contributed by atoms with E-state index in [0.717, 1.165) is 7.11 Å². The number of hydrogen-bond acceptors (Lipinski definition) is 4. The molecule has 0 atom stereocenters. The van der Waals surface area contributed by atoms with Crippen molar-refractivity contribution in [3.8, 4) is 0 Å². The molecule has 1 heterocycles. The highest BCUT2D eigenvalue weighted by Crippen LogP contribution is 2.35. The Morgan fingerprint density at radius 2 is 2.05 bits per heavy atom. The van der Waals surface area contributed by atoms with Gasteiger partial charge in [-0.2, -0.15) is 13.2 Å². The lowest BCUT2D eigenvalue weighted by Gasteiger charge is -2.16. The second-order valence-corrected chi connectivity index (χ2v) is 3.40. The number of alkyl halides is 5. The monoisotopic (exact) mass is 284 g/mol. The van der Waals surface area contributed by atoms with Crippen molar-refractivity contribution >= 4 is 5.97 Å². The molecule has 1 rings (SSSR count). The summed E-state index contributed by atoms with van der Waals surface area (Å²) in [6.45, 7) is -0.748. The summed E-state index contributed by atoms with van der Waals surface area (Å²) in [7, 11) is 0.859. The van der Waals surface area contributed by atoms with E-state index >= 15 is 0 Å². The van der Waals surface area contributed by atoms with Crippen LogP contribution in [0.4, 0.5) is 22.0 Å². The first-order valence-corrected chi connectivity index (χ1v) is 4.89. The molecule has 1 aromatic heterocycles. The first-order valence-electron chi connectivity index (χ1n) is 4.89. The first kappa shape index (κ1) is 15.3. The van der Waals surface area contributed by atoms with Gasteiger partial charge in [0.15, 0.2) is 0 Å². The van der Waals surface area contributed by atoms with Gasteiger partial charge in [0, 0.05) is 12.7 Å². The average Bonchev–Trinajstić information content (AvgIpc) is 2.34. The Morgan fingerprint density at radius 3 is 2.42 bits per heavy atom. The van der Waals surface area contributed by atoms with E-state index in [1.807, 2.05) is 0 Å². The van der Waals surface area contributed by atoms with Gasteiger partial charge in [0.1, 0.15) is 5.69 Å².